The van der Waals surface area contributed by atoms with Gasteiger partial charge in [0.2, 0.25) is 0 Å². The van der Waals surface area contributed by atoms with Crippen LogP contribution in [0.15, 0.2) is 24.3 Å². The van der Waals surface area contributed by atoms with Crippen LogP contribution in [0.25, 0.3) is 0 Å². The topological polar surface area (TPSA) is 191 Å². The second kappa shape index (κ2) is 9.08. The van der Waals surface area contributed by atoms with Crippen molar-refractivity contribution >= 4 is 5.97 Å². The Morgan fingerprint density at radius 2 is 1.91 bits per heavy atom. The van der Waals surface area contributed by atoms with Crippen LogP contribution in [0.2, 0.25) is 0 Å². The first-order chi connectivity index (χ1) is 16.0. The molecule has 0 saturated carbocycles. The highest BCUT2D eigenvalue weighted by molar-refractivity contribution is 5.72. The Morgan fingerprint density at radius 3 is 2.56 bits per heavy atom. The van der Waals surface area contributed by atoms with Crippen LogP contribution >= 0.6 is 0 Å². The first kappa shape index (κ1) is 24.9. The number of likely N-dealkylation sites (N-methyl/N-ethyl adjacent to an activating group) is 1. The minimum Gasteiger partial charge on any atom is -0.504 e. The number of hydrogen-bond donors (Lipinski definition) is 8. The van der Waals surface area contributed by atoms with Crippen molar-refractivity contribution in [3.05, 3.63) is 35.4 Å². The van der Waals surface area contributed by atoms with Crippen molar-refractivity contribution in [2.45, 2.75) is 60.9 Å². The summed E-state index contributed by atoms with van der Waals surface area (Å²) in [4.78, 5) is 12.5. The van der Waals surface area contributed by atoms with E-state index in [-0.39, 0.29) is 17.3 Å². The summed E-state index contributed by atoms with van der Waals surface area (Å²) in [5.41, 5.74) is 2.29. The molecule has 2 bridgehead atoms. The monoisotopic (exact) mass is 481 g/mol. The zero-order valence-electron chi connectivity index (χ0n) is 18.6. The third-order valence-corrected chi connectivity index (χ3v) is 7.66. The molecular formula is C23H31NO10. The Balaban J connectivity index is 0.000000185. The Morgan fingerprint density at radius 1 is 1.21 bits per heavy atom. The number of aliphatic carboxylic acids is 1. The highest BCUT2D eigenvalue weighted by Gasteiger charge is 2.64. The van der Waals surface area contributed by atoms with Crippen molar-refractivity contribution in [1.82, 2.24) is 4.90 Å². The molecule has 2 aliphatic heterocycles. The average molecular weight is 481 g/mol. The first-order valence-corrected chi connectivity index (χ1v) is 11.2. The predicted molar refractivity (Wildman–Crippen MR) is 116 cm³/mol. The molecule has 34 heavy (non-hydrogen) atoms. The number of aromatic hydroxyl groups is 1. The third kappa shape index (κ3) is 3.68. The fourth-order valence-corrected chi connectivity index (χ4v) is 5.91. The van der Waals surface area contributed by atoms with Gasteiger partial charge >= 0.3 is 5.97 Å². The maximum atomic E-state index is 10.4. The molecule has 4 unspecified atom stereocenters. The molecule has 9 atom stereocenters. The fourth-order valence-electron chi connectivity index (χ4n) is 5.91. The van der Waals surface area contributed by atoms with E-state index in [1.807, 2.05) is 12.1 Å². The molecule has 1 spiro atoms. The van der Waals surface area contributed by atoms with Crippen molar-refractivity contribution in [1.29, 1.82) is 0 Å². The van der Waals surface area contributed by atoms with Gasteiger partial charge in [-0.3, -0.25) is 0 Å². The Bertz CT molecular complexity index is 969. The number of piperidine rings is 1. The number of carboxylic acid groups (broad SMARTS) is 1. The van der Waals surface area contributed by atoms with Crippen molar-refractivity contribution in [3.8, 4) is 11.5 Å². The summed E-state index contributed by atoms with van der Waals surface area (Å²) in [6, 6.07) is 4.23. The van der Waals surface area contributed by atoms with E-state index in [1.165, 1.54) is 11.1 Å². The van der Waals surface area contributed by atoms with Gasteiger partial charge in [-0.2, -0.15) is 0 Å². The number of rotatable bonds is 5. The summed E-state index contributed by atoms with van der Waals surface area (Å²) in [6.45, 7) is 0.167. The lowest BCUT2D eigenvalue weighted by molar-refractivity contribution is -0.164. The summed E-state index contributed by atoms with van der Waals surface area (Å²) in [7, 11) is 2.19. The van der Waals surface area contributed by atoms with Gasteiger partial charge in [0.1, 0.15) is 30.5 Å². The SMILES string of the molecule is CN1CC[C@]23c4c5ccc(O)c4O[C@H]2[C@@H](O)C=C[C@H]3[C@H]1C5.O=C(O)C(O)C(O)C(O)C(O)CO. The predicted octanol–water partition coefficient (Wildman–Crippen LogP) is -2.29. The van der Waals surface area contributed by atoms with Gasteiger partial charge in [-0.1, -0.05) is 18.2 Å². The molecule has 4 aliphatic rings. The molecule has 1 saturated heterocycles. The summed E-state index contributed by atoms with van der Waals surface area (Å²) in [5.74, 6) is -0.536. The highest BCUT2D eigenvalue weighted by Crippen LogP contribution is 2.62. The number of phenolic OH excluding ortho intramolecular Hbond substituents is 1. The second-order valence-electron chi connectivity index (χ2n) is 9.44. The summed E-state index contributed by atoms with van der Waals surface area (Å²) in [5, 5.41) is 72.5. The number of carboxylic acids is 1. The molecule has 0 radical (unpaired) electrons. The number of phenols is 1. The fraction of sp³-hybridized carbons (Fsp3) is 0.609. The van der Waals surface area contributed by atoms with E-state index >= 15 is 0 Å². The Labute approximate surface area is 195 Å². The highest BCUT2D eigenvalue weighted by atomic mass is 16.5. The summed E-state index contributed by atoms with van der Waals surface area (Å²) >= 11 is 0. The lowest BCUT2D eigenvalue weighted by Crippen LogP contribution is -2.64. The van der Waals surface area contributed by atoms with Crippen LogP contribution in [-0.4, -0.2) is 115 Å². The van der Waals surface area contributed by atoms with Crippen molar-refractivity contribution < 1.29 is 50.4 Å². The van der Waals surface area contributed by atoms with Crippen LogP contribution in [0.3, 0.4) is 0 Å². The van der Waals surface area contributed by atoms with Crippen molar-refractivity contribution in [2.75, 3.05) is 20.2 Å². The summed E-state index contributed by atoms with van der Waals surface area (Å²) in [6.07, 6.45) is -2.66. The van der Waals surface area contributed by atoms with Gasteiger partial charge in [-0.25, -0.2) is 4.79 Å². The molecule has 2 aliphatic carbocycles. The smallest absolute Gasteiger partial charge is 0.335 e. The van der Waals surface area contributed by atoms with Crippen LogP contribution < -0.4 is 4.74 Å². The normalized spacial score (nSPS) is 34.1. The van der Waals surface area contributed by atoms with Gasteiger partial charge in [0.15, 0.2) is 17.6 Å². The van der Waals surface area contributed by atoms with Gasteiger partial charge in [-0.15, -0.1) is 0 Å². The number of aliphatic hydroxyl groups excluding tert-OH is 6. The van der Waals surface area contributed by atoms with Gasteiger partial charge in [0.05, 0.1) is 6.61 Å². The molecule has 1 aromatic carbocycles. The molecule has 11 heteroatoms. The average Bonchev–Trinajstić information content (AvgIpc) is 3.18. The number of likely N-dealkylation sites (tertiary alicyclic amines) is 1. The number of benzene rings is 1. The van der Waals surface area contributed by atoms with Crippen LogP contribution in [0.1, 0.15) is 17.5 Å². The lowest BCUT2D eigenvalue weighted by Gasteiger charge is -2.56. The number of carbonyl (C=O) groups is 1. The molecule has 11 nitrogen and oxygen atoms in total. The van der Waals surface area contributed by atoms with Gasteiger partial charge in [-0.05, 0) is 38.1 Å². The maximum absolute atomic E-state index is 10.4. The largest absolute Gasteiger partial charge is 0.504 e. The third-order valence-electron chi connectivity index (χ3n) is 7.66. The van der Waals surface area contributed by atoms with Crippen molar-refractivity contribution in [2.24, 2.45) is 5.92 Å². The van der Waals surface area contributed by atoms with E-state index in [0.717, 1.165) is 19.4 Å². The number of hydrogen-bond acceptors (Lipinski definition) is 10. The van der Waals surface area contributed by atoms with E-state index in [1.54, 1.807) is 6.07 Å². The van der Waals surface area contributed by atoms with E-state index in [2.05, 4.69) is 18.0 Å². The zero-order valence-corrected chi connectivity index (χ0v) is 18.6. The molecule has 1 fully saturated rings. The molecular weight excluding hydrogens is 450 g/mol. The van der Waals surface area contributed by atoms with Crippen LogP contribution in [-0.2, 0) is 16.6 Å². The standard InChI is InChI=1S/C17H19NO3.C6H12O7/c1-18-7-6-17-10-3-5-13(20)16(17)21-15-12(19)4-2-9(14(15)17)8-11(10)18;7-1-2(8)3(9)4(10)5(11)6(12)13/h2-5,10-11,13,16,19-20H,6-8H2,1H3;2-5,7-11H,1H2,(H,12,13)/t10-,11+,13-,16-,17-;/m0./s1. The maximum Gasteiger partial charge on any atom is 0.335 e. The van der Waals surface area contributed by atoms with Gasteiger partial charge in [0.25, 0.3) is 0 Å². The second-order valence-corrected chi connectivity index (χ2v) is 9.44. The van der Waals surface area contributed by atoms with Gasteiger partial charge < -0.3 is 50.5 Å². The van der Waals surface area contributed by atoms with E-state index in [0.29, 0.717) is 17.7 Å². The van der Waals surface area contributed by atoms with Crippen LogP contribution in [0, 0.1) is 5.92 Å². The quantitative estimate of drug-likeness (QED) is 0.211. The van der Waals surface area contributed by atoms with E-state index < -0.39 is 43.1 Å². The van der Waals surface area contributed by atoms with Crippen LogP contribution in [0.4, 0.5) is 0 Å². The minimum absolute atomic E-state index is 0.160. The van der Waals surface area contributed by atoms with E-state index in [4.69, 9.17) is 35.4 Å². The van der Waals surface area contributed by atoms with E-state index in [9.17, 15) is 15.0 Å². The molecule has 8 N–H and O–H groups in total. The minimum atomic E-state index is -2.20. The van der Waals surface area contributed by atoms with Crippen LogP contribution in [0.5, 0.6) is 11.5 Å². The molecule has 0 amide bonds. The Kier molecular flexibility index (Phi) is 6.64. The molecule has 188 valence electrons. The molecule has 0 aromatic heterocycles. The molecule has 5 rings (SSSR count). The zero-order chi connectivity index (χ0) is 24.9. The first-order valence-electron chi connectivity index (χ1n) is 11.2. The molecule has 1 aromatic rings. The molecule has 2 heterocycles. The van der Waals surface area contributed by atoms with Crippen molar-refractivity contribution in [3.63, 3.8) is 0 Å². The number of nitrogens with zero attached hydrogens (tertiary/aromatic N) is 1. The summed E-state index contributed by atoms with van der Waals surface area (Å²) < 4.78 is 6.09. The number of ether oxygens (including phenoxy) is 1. The van der Waals surface area contributed by atoms with Gasteiger partial charge in [0, 0.05) is 22.9 Å². The number of aliphatic hydroxyl groups is 6. The lowest BCUT2D eigenvalue weighted by atomic mass is 9.53. The Hall–Kier alpha value is -2.25.